The molecule has 2 aromatic rings. The maximum atomic E-state index is 2.25. The van der Waals surface area contributed by atoms with E-state index in [1.807, 2.05) is 34.4 Å². The molecule has 74 valence electrons. The Morgan fingerprint density at radius 3 is 2.86 bits per heavy atom. The smallest absolute Gasteiger partial charge is 0.0657 e. The van der Waals surface area contributed by atoms with Crippen LogP contribution in [0.1, 0.15) is 18.2 Å². The van der Waals surface area contributed by atoms with Crippen LogP contribution in [0.3, 0.4) is 0 Å². The highest BCUT2D eigenvalue weighted by Crippen LogP contribution is 2.35. The summed E-state index contributed by atoms with van der Waals surface area (Å²) in [4.78, 5) is 1.51. The van der Waals surface area contributed by atoms with E-state index in [1.165, 1.54) is 26.1 Å². The second kappa shape index (κ2) is 5.01. The molecule has 0 aromatic carbocycles. The standard InChI is InChI=1S/C11H12S3/c1-2-4-9-6-7-11(13-9)14-10-5-3-8-12-10/h3,5-8H,2,4H2,1H3. The lowest BCUT2D eigenvalue weighted by Crippen LogP contribution is -1.71. The van der Waals surface area contributed by atoms with Gasteiger partial charge in [0.2, 0.25) is 0 Å². The number of thiophene rings is 2. The first-order valence-electron chi connectivity index (χ1n) is 4.68. The zero-order valence-corrected chi connectivity index (χ0v) is 10.5. The molecule has 0 nitrogen and oxygen atoms in total. The van der Waals surface area contributed by atoms with Crippen LogP contribution in [0.2, 0.25) is 0 Å². The molecule has 3 heteroatoms. The van der Waals surface area contributed by atoms with Gasteiger partial charge in [0.25, 0.3) is 0 Å². The Hall–Kier alpha value is -0.250. The van der Waals surface area contributed by atoms with Crippen molar-refractivity contribution in [2.45, 2.75) is 28.2 Å². The minimum atomic E-state index is 1.22. The molecule has 0 aliphatic rings. The van der Waals surface area contributed by atoms with Gasteiger partial charge in [0.15, 0.2) is 0 Å². The SMILES string of the molecule is CCCc1ccc(Sc2cccs2)s1. The summed E-state index contributed by atoms with van der Waals surface area (Å²) in [5, 5.41) is 2.13. The molecular weight excluding hydrogens is 228 g/mol. The van der Waals surface area contributed by atoms with Gasteiger partial charge in [-0.1, -0.05) is 31.2 Å². The van der Waals surface area contributed by atoms with Crippen LogP contribution in [0.25, 0.3) is 0 Å². The Kier molecular flexibility index (Phi) is 3.67. The molecule has 0 aliphatic carbocycles. The molecule has 2 heterocycles. The van der Waals surface area contributed by atoms with Crippen LogP contribution >= 0.6 is 34.4 Å². The van der Waals surface area contributed by atoms with Crippen LogP contribution in [0.5, 0.6) is 0 Å². The zero-order valence-electron chi connectivity index (χ0n) is 8.03. The van der Waals surface area contributed by atoms with Crippen molar-refractivity contribution >= 4 is 34.4 Å². The molecule has 0 unspecified atom stereocenters. The fourth-order valence-corrected chi connectivity index (χ4v) is 4.52. The molecule has 0 saturated heterocycles. The maximum absolute atomic E-state index is 2.25. The molecule has 0 saturated carbocycles. The van der Waals surface area contributed by atoms with Crippen molar-refractivity contribution in [2.24, 2.45) is 0 Å². The summed E-state index contributed by atoms with van der Waals surface area (Å²) in [6.07, 6.45) is 2.46. The lowest BCUT2D eigenvalue weighted by atomic mass is 10.3. The summed E-state index contributed by atoms with van der Waals surface area (Å²) in [5.41, 5.74) is 0. The highest BCUT2D eigenvalue weighted by molar-refractivity contribution is 8.02. The molecule has 0 fully saturated rings. The van der Waals surface area contributed by atoms with E-state index in [-0.39, 0.29) is 0 Å². The van der Waals surface area contributed by atoms with Gasteiger partial charge in [-0.25, -0.2) is 0 Å². The van der Waals surface area contributed by atoms with E-state index in [2.05, 4.69) is 36.6 Å². The van der Waals surface area contributed by atoms with E-state index in [4.69, 9.17) is 0 Å². The second-order valence-corrected chi connectivity index (χ2v) is 6.72. The number of rotatable bonds is 4. The summed E-state index contributed by atoms with van der Waals surface area (Å²) in [5.74, 6) is 0. The minimum Gasteiger partial charge on any atom is -0.137 e. The first-order valence-corrected chi connectivity index (χ1v) is 7.20. The van der Waals surface area contributed by atoms with Crippen LogP contribution in [-0.4, -0.2) is 0 Å². The number of hydrogen-bond donors (Lipinski definition) is 0. The van der Waals surface area contributed by atoms with Crippen molar-refractivity contribution in [2.75, 3.05) is 0 Å². The average Bonchev–Trinajstić information content (AvgIpc) is 2.79. The molecule has 0 amide bonds. The van der Waals surface area contributed by atoms with Gasteiger partial charge in [-0.2, -0.15) is 0 Å². The fraction of sp³-hybridized carbons (Fsp3) is 0.273. The van der Waals surface area contributed by atoms with Gasteiger partial charge in [0, 0.05) is 4.88 Å². The molecule has 0 bridgehead atoms. The van der Waals surface area contributed by atoms with E-state index in [0.717, 1.165) is 0 Å². The molecule has 2 aromatic heterocycles. The first-order chi connectivity index (χ1) is 6.88. The predicted molar refractivity (Wildman–Crippen MR) is 66.8 cm³/mol. The van der Waals surface area contributed by atoms with Crippen molar-refractivity contribution in [3.63, 3.8) is 0 Å². The predicted octanol–water partition coefficient (Wildman–Crippen LogP) is 4.91. The third-order valence-electron chi connectivity index (χ3n) is 1.83. The fourth-order valence-electron chi connectivity index (χ4n) is 1.21. The summed E-state index contributed by atoms with van der Waals surface area (Å²) in [6, 6.07) is 8.77. The normalized spacial score (nSPS) is 10.6. The third kappa shape index (κ3) is 2.62. The second-order valence-electron chi connectivity index (χ2n) is 3.00. The Balaban J connectivity index is 2.03. The monoisotopic (exact) mass is 240 g/mol. The van der Waals surface area contributed by atoms with Crippen LogP contribution in [0.15, 0.2) is 38.1 Å². The Labute approximate surface area is 97.0 Å². The third-order valence-corrected chi connectivity index (χ3v) is 5.14. The van der Waals surface area contributed by atoms with Crippen LogP contribution in [0.4, 0.5) is 0 Å². The Morgan fingerprint density at radius 2 is 2.14 bits per heavy atom. The van der Waals surface area contributed by atoms with E-state index < -0.39 is 0 Å². The summed E-state index contributed by atoms with van der Waals surface area (Å²) in [7, 11) is 0. The maximum Gasteiger partial charge on any atom is 0.0657 e. The van der Waals surface area contributed by atoms with E-state index in [0.29, 0.717) is 0 Å². The van der Waals surface area contributed by atoms with E-state index in [1.54, 1.807) is 0 Å². The van der Waals surface area contributed by atoms with Gasteiger partial charge in [-0.05, 0) is 30.0 Å². The van der Waals surface area contributed by atoms with Crippen molar-refractivity contribution in [1.29, 1.82) is 0 Å². The van der Waals surface area contributed by atoms with Crippen LogP contribution < -0.4 is 0 Å². The first kappa shape index (κ1) is 10.3. The summed E-state index contributed by atoms with van der Waals surface area (Å²) >= 11 is 5.61. The van der Waals surface area contributed by atoms with E-state index in [9.17, 15) is 0 Å². The lowest BCUT2D eigenvalue weighted by Gasteiger charge is -1.92. The van der Waals surface area contributed by atoms with Gasteiger partial charge in [-0.15, -0.1) is 22.7 Å². The highest BCUT2D eigenvalue weighted by atomic mass is 32.2. The van der Waals surface area contributed by atoms with Gasteiger partial charge >= 0.3 is 0 Å². The molecule has 0 radical (unpaired) electrons. The molecule has 2 rings (SSSR count). The van der Waals surface area contributed by atoms with E-state index >= 15 is 0 Å². The summed E-state index contributed by atoms with van der Waals surface area (Å²) in [6.45, 7) is 2.23. The van der Waals surface area contributed by atoms with Gasteiger partial charge in [0.05, 0.1) is 8.42 Å². The highest BCUT2D eigenvalue weighted by Gasteiger charge is 2.02. The molecule has 0 atom stereocenters. The van der Waals surface area contributed by atoms with Crippen molar-refractivity contribution in [3.8, 4) is 0 Å². The lowest BCUT2D eigenvalue weighted by molar-refractivity contribution is 0.940. The van der Waals surface area contributed by atoms with Gasteiger partial charge in [-0.3, -0.25) is 0 Å². The molecule has 0 aliphatic heterocycles. The van der Waals surface area contributed by atoms with Crippen LogP contribution in [-0.2, 0) is 6.42 Å². The Morgan fingerprint density at radius 1 is 1.21 bits per heavy atom. The average molecular weight is 240 g/mol. The van der Waals surface area contributed by atoms with Crippen molar-refractivity contribution in [3.05, 3.63) is 34.5 Å². The molecule has 0 N–H and O–H groups in total. The molecule has 14 heavy (non-hydrogen) atoms. The van der Waals surface area contributed by atoms with Crippen molar-refractivity contribution < 1.29 is 0 Å². The van der Waals surface area contributed by atoms with Gasteiger partial charge < -0.3 is 0 Å². The van der Waals surface area contributed by atoms with Crippen LogP contribution in [0, 0.1) is 0 Å². The molecular formula is C11H12S3. The summed E-state index contributed by atoms with van der Waals surface area (Å²) < 4.78 is 2.80. The minimum absolute atomic E-state index is 1.22. The number of hydrogen-bond acceptors (Lipinski definition) is 3. The largest absolute Gasteiger partial charge is 0.137 e. The number of aryl methyl sites for hydroxylation is 1. The van der Waals surface area contributed by atoms with Crippen molar-refractivity contribution in [1.82, 2.24) is 0 Å². The quantitative estimate of drug-likeness (QED) is 0.731. The van der Waals surface area contributed by atoms with Gasteiger partial charge in [0.1, 0.15) is 0 Å². The topological polar surface area (TPSA) is 0 Å². The zero-order chi connectivity index (χ0) is 9.80. The Bertz CT molecular complexity index is 373. The molecule has 0 spiro atoms.